The molecule has 4 aliphatic rings. The number of hydrogen-bond donors (Lipinski definition) is 6. The fraction of sp³-hybridized carbons (Fsp3) is 0.729. The van der Waals surface area contributed by atoms with Crippen molar-refractivity contribution >= 4 is 35.2 Å². The van der Waals surface area contributed by atoms with Gasteiger partial charge in [0.25, 0.3) is 0 Å². The summed E-state index contributed by atoms with van der Waals surface area (Å²) >= 11 is 0. The highest BCUT2D eigenvalue weighted by Crippen LogP contribution is 2.67. The fourth-order valence-corrected chi connectivity index (χ4v) is 11.7. The molecule has 5 amide bonds. The third-order valence-electron chi connectivity index (χ3n) is 15.0. The van der Waals surface area contributed by atoms with Crippen molar-refractivity contribution < 1.29 is 33.8 Å². The normalized spacial score (nSPS) is 28.5. The third kappa shape index (κ3) is 12.0. The van der Waals surface area contributed by atoms with E-state index < -0.39 is 42.1 Å². The zero-order chi connectivity index (χ0) is 43.6. The van der Waals surface area contributed by atoms with Gasteiger partial charge in [-0.2, -0.15) is 0 Å². The van der Waals surface area contributed by atoms with E-state index in [0.717, 1.165) is 48.3 Å². The quantitative estimate of drug-likeness (QED) is 0.0588. The van der Waals surface area contributed by atoms with Crippen molar-refractivity contribution in [2.24, 2.45) is 52.1 Å². The summed E-state index contributed by atoms with van der Waals surface area (Å²) in [5, 5.41) is 19.7. The zero-order valence-corrected chi connectivity index (χ0v) is 37.3. The molecule has 3 fully saturated rings. The summed E-state index contributed by atoms with van der Waals surface area (Å²) in [7, 11) is 0. The maximum atomic E-state index is 12.8. The molecule has 5 rings (SSSR count). The number of nitrogens with two attached hydrogens (primary N) is 1. The first-order chi connectivity index (χ1) is 28.5. The average molecular weight is 834 g/mol. The fourth-order valence-electron chi connectivity index (χ4n) is 11.7. The van der Waals surface area contributed by atoms with Crippen LogP contribution in [0.5, 0.6) is 0 Å². The molecule has 4 aliphatic carbocycles. The predicted octanol–water partition coefficient (Wildman–Crippen LogP) is 6.70. The van der Waals surface area contributed by atoms with Gasteiger partial charge in [-0.1, -0.05) is 77.7 Å². The first-order valence-electron chi connectivity index (χ1n) is 23.0. The number of fused-ring (bicyclic) bond motifs is 5. The van der Waals surface area contributed by atoms with Gasteiger partial charge in [-0.05, 0) is 129 Å². The molecule has 0 aromatic heterocycles. The van der Waals surface area contributed by atoms with Gasteiger partial charge in [0.2, 0.25) is 29.5 Å². The number of amides is 5. The summed E-state index contributed by atoms with van der Waals surface area (Å²) in [5.41, 5.74) is 8.77. The SMILES string of the molecule is CC(C)CCCC(C)C1CCC2C3CC=C4CC(OCCCNC(=O)CCC(=O)NC(C)C(=O)NC(CC(N)=O)C(=O)Nc5ccc(CO)cc5)CCC4(C)C3CCC12C. The zero-order valence-electron chi connectivity index (χ0n) is 37.3. The Balaban J connectivity index is 0.976. The van der Waals surface area contributed by atoms with Crippen molar-refractivity contribution in [3.63, 3.8) is 0 Å². The van der Waals surface area contributed by atoms with E-state index in [-0.39, 0.29) is 36.9 Å². The van der Waals surface area contributed by atoms with Crippen LogP contribution in [0.2, 0.25) is 0 Å². The number of nitrogens with one attached hydrogen (secondary N) is 4. The van der Waals surface area contributed by atoms with Crippen LogP contribution in [0.25, 0.3) is 0 Å². The summed E-state index contributed by atoms with van der Waals surface area (Å²) < 4.78 is 6.38. The number of hydrogen-bond acceptors (Lipinski definition) is 7. The molecule has 12 nitrogen and oxygen atoms in total. The molecule has 10 unspecified atom stereocenters. The molecule has 0 heterocycles. The largest absolute Gasteiger partial charge is 0.392 e. The third-order valence-corrected chi connectivity index (χ3v) is 15.0. The maximum absolute atomic E-state index is 12.8. The van der Waals surface area contributed by atoms with E-state index in [2.05, 4.69) is 62.0 Å². The molecule has 7 N–H and O–H groups in total. The first-order valence-corrected chi connectivity index (χ1v) is 23.0. The second-order valence-corrected chi connectivity index (χ2v) is 19.6. The Bertz CT molecular complexity index is 1680. The van der Waals surface area contributed by atoms with E-state index in [1.165, 1.54) is 64.7 Å². The molecular formula is C48H75N5O7. The van der Waals surface area contributed by atoms with Gasteiger partial charge < -0.3 is 36.8 Å². The van der Waals surface area contributed by atoms with Crippen molar-refractivity contribution in [1.29, 1.82) is 0 Å². The molecular weight excluding hydrogens is 759 g/mol. The Labute approximate surface area is 358 Å². The smallest absolute Gasteiger partial charge is 0.247 e. The Kier molecular flexibility index (Phi) is 16.8. The van der Waals surface area contributed by atoms with Crippen molar-refractivity contribution in [2.75, 3.05) is 18.5 Å². The number of aliphatic hydroxyl groups is 1. The Morgan fingerprint density at radius 3 is 2.30 bits per heavy atom. The summed E-state index contributed by atoms with van der Waals surface area (Å²) in [6.07, 6.45) is 17.1. The summed E-state index contributed by atoms with van der Waals surface area (Å²) in [5.74, 6) is 2.05. The van der Waals surface area contributed by atoms with Crippen LogP contribution in [0.3, 0.4) is 0 Å². The van der Waals surface area contributed by atoms with Crippen LogP contribution in [0.4, 0.5) is 5.69 Å². The molecule has 334 valence electrons. The van der Waals surface area contributed by atoms with Crippen molar-refractivity contribution in [3.8, 4) is 0 Å². The average Bonchev–Trinajstić information content (AvgIpc) is 3.57. The molecule has 0 bridgehead atoms. The van der Waals surface area contributed by atoms with Gasteiger partial charge in [0, 0.05) is 31.7 Å². The van der Waals surface area contributed by atoms with Crippen LogP contribution < -0.4 is 27.0 Å². The van der Waals surface area contributed by atoms with Crippen LogP contribution in [0.15, 0.2) is 35.9 Å². The summed E-state index contributed by atoms with van der Waals surface area (Å²) in [4.78, 5) is 62.4. The predicted molar refractivity (Wildman–Crippen MR) is 234 cm³/mol. The van der Waals surface area contributed by atoms with Gasteiger partial charge in [0.05, 0.1) is 19.1 Å². The molecule has 0 saturated heterocycles. The van der Waals surface area contributed by atoms with Gasteiger partial charge >= 0.3 is 0 Å². The van der Waals surface area contributed by atoms with Gasteiger partial charge in [-0.25, -0.2) is 0 Å². The lowest BCUT2D eigenvalue weighted by atomic mass is 9.47. The number of benzene rings is 1. The highest BCUT2D eigenvalue weighted by Gasteiger charge is 2.59. The lowest BCUT2D eigenvalue weighted by molar-refractivity contribution is -0.132. The minimum atomic E-state index is -1.27. The number of ether oxygens (including phenoxy) is 1. The van der Waals surface area contributed by atoms with Crippen LogP contribution in [-0.4, -0.2) is 66.0 Å². The number of allylic oxidation sites excluding steroid dienone is 1. The topological polar surface area (TPSA) is 189 Å². The molecule has 0 radical (unpaired) electrons. The van der Waals surface area contributed by atoms with Crippen molar-refractivity contribution in [2.45, 2.75) is 163 Å². The maximum Gasteiger partial charge on any atom is 0.247 e. The molecule has 3 saturated carbocycles. The van der Waals surface area contributed by atoms with E-state index in [1.54, 1.807) is 29.8 Å². The van der Waals surface area contributed by atoms with Crippen LogP contribution in [0, 0.1) is 46.3 Å². The molecule has 10 atom stereocenters. The summed E-state index contributed by atoms with van der Waals surface area (Å²) in [6, 6.07) is 4.10. The van der Waals surface area contributed by atoms with Crippen molar-refractivity contribution in [1.82, 2.24) is 16.0 Å². The number of carbonyl (C=O) groups excluding carboxylic acids is 5. The second kappa shape index (κ2) is 21.3. The van der Waals surface area contributed by atoms with Crippen LogP contribution >= 0.6 is 0 Å². The minimum Gasteiger partial charge on any atom is -0.392 e. The van der Waals surface area contributed by atoms with Crippen LogP contribution in [-0.2, 0) is 35.3 Å². The van der Waals surface area contributed by atoms with Gasteiger partial charge in [-0.15, -0.1) is 0 Å². The number of rotatable bonds is 21. The lowest BCUT2D eigenvalue weighted by Crippen LogP contribution is -2.52. The Morgan fingerprint density at radius 1 is 0.867 bits per heavy atom. The molecule has 0 aliphatic heterocycles. The molecule has 1 aromatic carbocycles. The molecule has 0 spiro atoms. The standard InChI is InChI=1S/C48H75N5O7/c1-30(2)9-7-10-31(3)38-17-18-39-37-16-13-34-27-36(21-23-47(34,5)40(37)22-24-48(38,39)6)60-26-8-25-50-43(56)19-20-44(57)51-32(4)45(58)53-41(28-42(49)55)46(59)52-35-14-11-33(29-54)12-15-35/h11-15,30-32,36-41,54H,7-10,16-29H2,1-6H3,(H2,49,55)(H,50,56)(H,51,57)(H,52,59)(H,53,58). The number of aliphatic hydroxyl groups excluding tert-OH is 1. The van der Waals surface area contributed by atoms with Gasteiger partial charge in [0.15, 0.2) is 0 Å². The number of carbonyl (C=O) groups is 5. The van der Waals surface area contributed by atoms with E-state index in [1.807, 2.05) is 0 Å². The van der Waals surface area contributed by atoms with E-state index in [9.17, 15) is 29.1 Å². The summed E-state index contributed by atoms with van der Waals surface area (Å²) in [6.45, 7) is 14.8. The van der Waals surface area contributed by atoms with E-state index >= 15 is 0 Å². The molecule has 60 heavy (non-hydrogen) atoms. The van der Waals surface area contributed by atoms with E-state index in [4.69, 9.17) is 10.5 Å². The first kappa shape index (κ1) is 47.3. The van der Waals surface area contributed by atoms with E-state index in [0.29, 0.717) is 36.2 Å². The minimum absolute atomic E-state index is 0.0433. The van der Waals surface area contributed by atoms with Crippen LogP contribution in [0.1, 0.15) is 143 Å². The van der Waals surface area contributed by atoms with Gasteiger partial charge in [0.1, 0.15) is 12.1 Å². The molecule has 12 heteroatoms. The number of primary amides is 1. The van der Waals surface area contributed by atoms with Crippen molar-refractivity contribution in [3.05, 3.63) is 41.5 Å². The molecule has 1 aromatic rings. The highest BCUT2D eigenvalue weighted by molar-refractivity contribution is 6.00. The Morgan fingerprint density at radius 2 is 1.60 bits per heavy atom. The lowest BCUT2D eigenvalue weighted by Gasteiger charge is -2.58. The second-order valence-electron chi connectivity index (χ2n) is 19.6. The van der Waals surface area contributed by atoms with Gasteiger partial charge in [-0.3, -0.25) is 24.0 Å². The highest BCUT2D eigenvalue weighted by atomic mass is 16.5. The monoisotopic (exact) mass is 834 g/mol. The number of anilines is 1. The Hall–Kier alpha value is -3.77.